The van der Waals surface area contributed by atoms with Crippen LogP contribution in [0.15, 0.2) is 18.2 Å². The van der Waals surface area contributed by atoms with E-state index < -0.39 is 11.3 Å². The largest absolute Gasteiger partial charge is 0.376 e. The molecule has 1 aromatic carbocycles. The van der Waals surface area contributed by atoms with Crippen molar-refractivity contribution < 1.29 is 14.4 Å². The molecule has 8 heteroatoms. The molecular formula is C14H16BN3O3S. The lowest BCUT2D eigenvalue weighted by Crippen LogP contribution is -2.63. The van der Waals surface area contributed by atoms with Gasteiger partial charge in [-0.1, -0.05) is 0 Å². The lowest BCUT2D eigenvalue weighted by atomic mass is 9.70. The lowest BCUT2D eigenvalue weighted by molar-refractivity contribution is -0.138. The number of rotatable bonds is 3. The van der Waals surface area contributed by atoms with E-state index in [1.54, 1.807) is 18.8 Å². The number of carbonyl (C=O) groups excluding carboxylic acids is 3. The normalized spacial score (nSPS) is 24.2. The van der Waals surface area contributed by atoms with Crippen molar-refractivity contribution >= 4 is 43.9 Å². The molecule has 2 N–H and O–H groups in total. The number of nitrogens with zero attached hydrogens (tertiary/aromatic N) is 1. The second-order valence-corrected chi connectivity index (χ2v) is 6.07. The Hall–Kier alpha value is -1.96. The van der Waals surface area contributed by atoms with E-state index in [0.717, 1.165) is 11.3 Å². The molecule has 0 bridgehead atoms. The predicted octanol–water partition coefficient (Wildman–Crippen LogP) is -0.292. The molecule has 2 aliphatic heterocycles. The molecule has 1 unspecified atom stereocenters. The smallest absolute Gasteiger partial charge is 0.254 e. The van der Waals surface area contributed by atoms with Crippen LogP contribution in [-0.2, 0) is 16.1 Å². The Balaban J connectivity index is 1.90. The van der Waals surface area contributed by atoms with Crippen molar-refractivity contribution in [3.8, 4) is 0 Å². The van der Waals surface area contributed by atoms with E-state index in [1.807, 2.05) is 12.1 Å². The zero-order chi connectivity index (χ0) is 15.9. The summed E-state index contributed by atoms with van der Waals surface area (Å²) < 4.78 is 0. The van der Waals surface area contributed by atoms with Crippen molar-refractivity contribution in [3.63, 3.8) is 0 Å². The summed E-state index contributed by atoms with van der Waals surface area (Å²) in [5.41, 5.74) is 1.39. The van der Waals surface area contributed by atoms with E-state index in [0.29, 0.717) is 24.4 Å². The standard InChI is InChI=1S/C14H16BN3O3S/c15-14(4-3-11(19)17-13(14)21)18-6-8-5-9(16-7-22)1-2-10(8)12(18)20/h1-2,5,16,22H,3-4,6-7,15H2,(H,17,19,21). The van der Waals surface area contributed by atoms with Crippen molar-refractivity contribution in [2.75, 3.05) is 11.2 Å². The minimum atomic E-state index is -0.985. The lowest BCUT2D eigenvalue weighted by Gasteiger charge is -2.39. The molecule has 6 nitrogen and oxygen atoms in total. The first kappa shape index (κ1) is 15.0. The SMILES string of the molecule is BC1(N2Cc3cc(NCS)ccc3C2=O)CCC(=O)NC1=O. The number of hydrogen-bond acceptors (Lipinski definition) is 5. The number of piperidine rings is 1. The first-order valence-corrected chi connectivity index (χ1v) is 7.73. The number of hydrogen-bond donors (Lipinski definition) is 3. The summed E-state index contributed by atoms with van der Waals surface area (Å²) in [5, 5.41) is 5.41. The van der Waals surface area contributed by atoms with Gasteiger partial charge in [-0.25, -0.2) is 0 Å². The Bertz CT molecular complexity index is 681. The maximum absolute atomic E-state index is 12.6. The molecular weight excluding hydrogens is 301 g/mol. The van der Waals surface area contributed by atoms with Gasteiger partial charge in [0.15, 0.2) is 0 Å². The van der Waals surface area contributed by atoms with E-state index in [4.69, 9.17) is 0 Å². The molecule has 1 aromatic rings. The van der Waals surface area contributed by atoms with Crippen LogP contribution >= 0.6 is 12.6 Å². The van der Waals surface area contributed by atoms with Crippen LogP contribution < -0.4 is 10.6 Å². The van der Waals surface area contributed by atoms with E-state index in [9.17, 15) is 14.4 Å². The average molecular weight is 317 g/mol. The fourth-order valence-electron chi connectivity index (χ4n) is 2.97. The molecule has 0 saturated carbocycles. The first-order valence-electron chi connectivity index (χ1n) is 7.09. The summed E-state index contributed by atoms with van der Waals surface area (Å²) in [7, 11) is 1.71. The van der Waals surface area contributed by atoms with Crippen LogP contribution in [0.5, 0.6) is 0 Å². The molecule has 22 heavy (non-hydrogen) atoms. The van der Waals surface area contributed by atoms with E-state index in [1.165, 1.54) is 0 Å². The molecule has 1 atom stereocenters. The zero-order valence-electron chi connectivity index (χ0n) is 12.2. The Morgan fingerprint density at radius 2 is 2.14 bits per heavy atom. The quantitative estimate of drug-likeness (QED) is 0.310. The van der Waals surface area contributed by atoms with Gasteiger partial charge in [0.05, 0.1) is 11.3 Å². The molecule has 0 aliphatic carbocycles. The maximum Gasteiger partial charge on any atom is 0.254 e. The summed E-state index contributed by atoms with van der Waals surface area (Å²) in [6, 6.07) is 5.49. The predicted molar refractivity (Wildman–Crippen MR) is 87.4 cm³/mol. The molecule has 3 rings (SSSR count). The van der Waals surface area contributed by atoms with Gasteiger partial charge in [0.1, 0.15) is 7.85 Å². The Morgan fingerprint density at radius 3 is 2.82 bits per heavy atom. The van der Waals surface area contributed by atoms with E-state index in [-0.39, 0.29) is 18.2 Å². The number of amides is 3. The second-order valence-electron chi connectivity index (χ2n) is 5.75. The van der Waals surface area contributed by atoms with Gasteiger partial charge < -0.3 is 10.2 Å². The molecule has 0 spiro atoms. The average Bonchev–Trinajstić information content (AvgIpc) is 2.81. The van der Waals surface area contributed by atoms with Gasteiger partial charge >= 0.3 is 0 Å². The molecule has 0 radical (unpaired) electrons. The number of benzene rings is 1. The molecule has 2 aliphatic rings. The van der Waals surface area contributed by atoms with Crippen molar-refractivity contribution in [2.24, 2.45) is 0 Å². The molecule has 1 fully saturated rings. The second kappa shape index (κ2) is 5.35. The maximum atomic E-state index is 12.6. The number of nitrogens with one attached hydrogen (secondary N) is 2. The van der Waals surface area contributed by atoms with Gasteiger partial charge in [-0.2, -0.15) is 12.6 Å². The summed E-state index contributed by atoms with van der Waals surface area (Å²) in [6.45, 7) is 0.369. The highest BCUT2D eigenvalue weighted by Gasteiger charge is 2.48. The molecule has 1 saturated heterocycles. The molecule has 3 amide bonds. The topological polar surface area (TPSA) is 78.5 Å². The monoisotopic (exact) mass is 317 g/mol. The van der Waals surface area contributed by atoms with E-state index >= 15 is 0 Å². The molecule has 0 aromatic heterocycles. The third-order valence-corrected chi connectivity index (χ3v) is 4.53. The van der Waals surface area contributed by atoms with Crippen LogP contribution in [0.4, 0.5) is 5.69 Å². The Kier molecular flexibility index (Phi) is 3.64. The molecule has 2 heterocycles. The van der Waals surface area contributed by atoms with Crippen molar-refractivity contribution in [3.05, 3.63) is 29.3 Å². The van der Waals surface area contributed by atoms with Crippen LogP contribution in [0.2, 0.25) is 0 Å². The minimum Gasteiger partial charge on any atom is -0.376 e. The summed E-state index contributed by atoms with van der Waals surface area (Å²) >= 11 is 4.12. The van der Waals surface area contributed by atoms with Crippen LogP contribution in [-0.4, -0.2) is 41.8 Å². The molecule has 114 valence electrons. The fourth-order valence-corrected chi connectivity index (χ4v) is 3.15. The fraction of sp³-hybridized carbons (Fsp3) is 0.357. The first-order chi connectivity index (χ1) is 10.5. The Morgan fingerprint density at radius 1 is 1.36 bits per heavy atom. The van der Waals surface area contributed by atoms with Crippen LogP contribution in [0.25, 0.3) is 0 Å². The highest BCUT2D eigenvalue weighted by molar-refractivity contribution is 7.80. The number of anilines is 1. The number of thiol groups is 1. The summed E-state index contributed by atoms with van der Waals surface area (Å²) in [5.74, 6) is -0.358. The van der Waals surface area contributed by atoms with Gasteiger partial charge in [0.25, 0.3) is 5.91 Å². The van der Waals surface area contributed by atoms with Gasteiger partial charge in [-0.3, -0.25) is 19.7 Å². The number of fused-ring (bicyclic) bond motifs is 1. The van der Waals surface area contributed by atoms with Gasteiger partial charge in [-0.15, -0.1) is 0 Å². The number of imide groups is 1. The highest BCUT2D eigenvalue weighted by Crippen LogP contribution is 2.33. The third-order valence-electron chi connectivity index (χ3n) is 4.37. The van der Waals surface area contributed by atoms with Crippen LogP contribution in [0, 0.1) is 0 Å². The van der Waals surface area contributed by atoms with Gasteiger partial charge in [0.2, 0.25) is 11.8 Å². The summed E-state index contributed by atoms with van der Waals surface area (Å²) in [6.07, 6.45) is 0.591. The van der Waals surface area contributed by atoms with Crippen molar-refractivity contribution in [2.45, 2.75) is 24.8 Å². The third kappa shape index (κ3) is 2.27. The van der Waals surface area contributed by atoms with E-state index in [2.05, 4.69) is 23.3 Å². The van der Waals surface area contributed by atoms with Gasteiger partial charge in [-0.05, 0) is 30.2 Å². The van der Waals surface area contributed by atoms with Gasteiger partial charge in [0, 0.05) is 24.2 Å². The highest BCUT2D eigenvalue weighted by atomic mass is 32.1. The summed E-state index contributed by atoms with van der Waals surface area (Å²) in [4.78, 5) is 37.8. The van der Waals surface area contributed by atoms with Crippen LogP contribution in [0.3, 0.4) is 0 Å². The van der Waals surface area contributed by atoms with Crippen molar-refractivity contribution in [1.29, 1.82) is 0 Å². The zero-order valence-corrected chi connectivity index (χ0v) is 13.1. The Labute approximate surface area is 134 Å². The number of carbonyl (C=O) groups is 3. The van der Waals surface area contributed by atoms with Crippen molar-refractivity contribution in [1.82, 2.24) is 10.2 Å². The van der Waals surface area contributed by atoms with Crippen LogP contribution in [0.1, 0.15) is 28.8 Å². The minimum absolute atomic E-state index is 0.167.